The van der Waals surface area contributed by atoms with Crippen LogP contribution in [0.3, 0.4) is 0 Å². The molecule has 12 aromatic rings. The Morgan fingerprint density at radius 2 is 0.804 bits per heavy atom. The van der Waals surface area contributed by atoms with Crippen LogP contribution in [0.2, 0.25) is 0 Å². The highest BCUT2D eigenvalue weighted by Gasteiger charge is 2.21. The van der Waals surface area contributed by atoms with E-state index in [0.29, 0.717) is 0 Å². The fraction of sp³-hybridized carbons (Fsp3) is 0. The van der Waals surface area contributed by atoms with Crippen molar-refractivity contribution >= 4 is 76.2 Å². The van der Waals surface area contributed by atoms with Gasteiger partial charge in [-0.3, -0.25) is 0 Å². The molecule has 2 nitrogen and oxygen atoms in total. The molecule has 2 heterocycles. The second kappa shape index (κ2) is 12.0. The normalized spacial score (nSPS) is 11.9. The fourth-order valence-electron chi connectivity index (χ4n) is 9.19. The van der Waals surface area contributed by atoms with Gasteiger partial charge in [-0.15, -0.1) is 0 Å². The molecule has 10 aromatic carbocycles. The molecule has 56 heavy (non-hydrogen) atoms. The molecule has 0 N–H and O–H groups in total. The van der Waals surface area contributed by atoms with Crippen LogP contribution in [0.4, 0.5) is 0 Å². The SMILES string of the molecule is c1ccc(-c2ccc3oc4ccccc4c3c2)c(-c2ccc(-c3c4ccccc4c(-c4cccc5oc6c7ccccc7ccc6c45)c4ccccc34)cc2)c1. The van der Waals surface area contributed by atoms with Gasteiger partial charge in [0.05, 0.1) is 0 Å². The summed E-state index contributed by atoms with van der Waals surface area (Å²) in [6, 6.07) is 69.8. The minimum atomic E-state index is 0.903. The largest absolute Gasteiger partial charge is 0.456 e. The van der Waals surface area contributed by atoms with Gasteiger partial charge in [-0.2, -0.15) is 0 Å². The molecule has 0 aliphatic heterocycles. The highest BCUT2D eigenvalue weighted by atomic mass is 16.3. The second-order valence-electron chi connectivity index (χ2n) is 14.7. The van der Waals surface area contributed by atoms with Gasteiger partial charge in [-0.1, -0.05) is 164 Å². The topological polar surface area (TPSA) is 26.3 Å². The number of hydrogen-bond donors (Lipinski definition) is 0. The van der Waals surface area contributed by atoms with Crippen LogP contribution in [0.1, 0.15) is 0 Å². The van der Waals surface area contributed by atoms with Crippen LogP contribution < -0.4 is 0 Å². The van der Waals surface area contributed by atoms with Crippen LogP contribution in [-0.2, 0) is 0 Å². The van der Waals surface area contributed by atoms with Gasteiger partial charge in [-0.05, 0) is 102 Å². The molecule has 2 heteroatoms. The maximum atomic E-state index is 6.66. The van der Waals surface area contributed by atoms with E-state index >= 15 is 0 Å². The lowest BCUT2D eigenvalue weighted by molar-refractivity contribution is 0.669. The van der Waals surface area contributed by atoms with E-state index in [1.54, 1.807) is 0 Å². The van der Waals surface area contributed by atoms with Crippen LogP contribution in [0.25, 0.3) is 121 Å². The average molecular weight is 713 g/mol. The standard InChI is InChI=1S/C54H32O2/c1-2-15-39-33(12-1)28-30-46-53-45(21-11-23-50(53)56-54(39)46)52-43-19-7-5-17-41(43)51(42-18-6-8-20-44(42)52)35-26-24-34(25-27-35)37-13-3-4-14-38(37)36-29-31-49-47(32-36)40-16-9-10-22-48(40)55-49/h1-32H. The number of rotatable bonds is 4. The predicted molar refractivity (Wildman–Crippen MR) is 235 cm³/mol. The van der Waals surface area contributed by atoms with Crippen LogP contribution in [-0.4, -0.2) is 0 Å². The lowest BCUT2D eigenvalue weighted by Gasteiger charge is -2.18. The Morgan fingerprint density at radius 1 is 0.268 bits per heavy atom. The summed E-state index contributed by atoms with van der Waals surface area (Å²) in [6.45, 7) is 0. The zero-order chi connectivity index (χ0) is 36.7. The summed E-state index contributed by atoms with van der Waals surface area (Å²) in [6.07, 6.45) is 0. The van der Waals surface area contributed by atoms with Crippen molar-refractivity contribution in [3.63, 3.8) is 0 Å². The second-order valence-corrected chi connectivity index (χ2v) is 14.7. The molecule has 0 amide bonds. The molecule has 0 bridgehead atoms. The molecule has 0 aliphatic rings. The monoisotopic (exact) mass is 712 g/mol. The smallest absolute Gasteiger partial charge is 0.143 e. The summed E-state index contributed by atoms with van der Waals surface area (Å²) in [5.41, 5.74) is 13.3. The van der Waals surface area contributed by atoms with Gasteiger partial charge in [0.25, 0.3) is 0 Å². The minimum absolute atomic E-state index is 0.903. The molecular formula is C54H32O2. The van der Waals surface area contributed by atoms with Crippen LogP contribution >= 0.6 is 0 Å². The highest BCUT2D eigenvalue weighted by molar-refractivity contribution is 6.27. The summed E-state index contributed by atoms with van der Waals surface area (Å²) in [4.78, 5) is 0. The first-order valence-corrected chi connectivity index (χ1v) is 19.2. The van der Waals surface area contributed by atoms with Crippen molar-refractivity contribution in [2.45, 2.75) is 0 Å². The summed E-state index contributed by atoms with van der Waals surface area (Å²) in [5.74, 6) is 0. The molecule has 0 atom stereocenters. The van der Waals surface area contributed by atoms with Crippen LogP contribution in [0.15, 0.2) is 203 Å². The molecular weight excluding hydrogens is 681 g/mol. The Morgan fingerprint density at radius 3 is 1.55 bits per heavy atom. The van der Waals surface area contributed by atoms with Gasteiger partial charge in [0.15, 0.2) is 0 Å². The van der Waals surface area contributed by atoms with Gasteiger partial charge < -0.3 is 8.83 Å². The maximum absolute atomic E-state index is 6.66. The molecule has 0 fully saturated rings. The molecule has 0 unspecified atom stereocenters. The molecule has 0 radical (unpaired) electrons. The molecule has 12 rings (SSSR count). The van der Waals surface area contributed by atoms with Crippen molar-refractivity contribution in [1.82, 2.24) is 0 Å². The quantitative estimate of drug-likeness (QED) is 0.170. The third kappa shape index (κ3) is 4.57. The third-order valence-corrected chi connectivity index (χ3v) is 11.7. The van der Waals surface area contributed by atoms with E-state index in [1.807, 2.05) is 12.1 Å². The highest BCUT2D eigenvalue weighted by Crippen LogP contribution is 2.48. The molecule has 0 aliphatic carbocycles. The molecule has 0 saturated carbocycles. The Bertz CT molecular complexity index is 3470. The van der Waals surface area contributed by atoms with Crippen molar-refractivity contribution in [3.8, 4) is 44.5 Å². The van der Waals surface area contributed by atoms with Gasteiger partial charge >= 0.3 is 0 Å². The first-order chi connectivity index (χ1) is 27.8. The maximum Gasteiger partial charge on any atom is 0.143 e. The van der Waals surface area contributed by atoms with Crippen molar-refractivity contribution in [3.05, 3.63) is 194 Å². The zero-order valence-corrected chi connectivity index (χ0v) is 30.3. The average Bonchev–Trinajstić information content (AvgIpc) is 3.84. The summed E-state index contributed by atoms with van der Waals surface area (Å²) in [7, 11) is 0. The number of benzene rings is 10. The Kier molecular flexibility index (Phi) is 6.66. The Hall–Kier alpha value is -7.42. The predicted octanol–water partition coefficient (Wildman–Crippen LogP) is 15.6. The Labute approximate surface area is 322 Å². The number of hydrogen-bond acceptors (Lipinski definition) is 2. The summed E-state index contributed by atoms with van der Waals surface area (Å²) >= 11 is 0. The van der Waals surface area contributed by atoms with E-state index in [0.717, 1.165) is 49.3 Å². The number of furan rings is 2. The fourth-order valence-corrected chi connectivity index (χ4v) is 9.19. The van der Waals surface area contributed by atoms with E-state index in [-0.39, 0.29) is 0 Å². The lowest BCUT2D eigenvalue weighted by Crippen LogP contribution is -1.91. The first-order valence-electron chi connectivity index (χ1n) is 19.2. The van der Waals surface area contributed by atoms with Gasteiger partial charge in [0.2, 0.25) is 0 Å². The van der Waals surface area contributed by atoms with Gasteiger partial charge in [-0.25, -0.2) is 0 Å². The molecule has 0 saturated heterocycles. The van der Waals surface area contributed by atoms with E-state index in [4.69, 9.17) is 8.83 Å². The number of para-hydroxylation sites is 1. The van der Waals surface area contributed by atoms with E-state index in [9.17, 15) is 0 Å². The molecule has 2 aromatic heterocycles. The van der Waals surface area contributed by atoms with Crippen LogP contribution in [0, 0.1) is 0 Å². The van der Waals surface area contributed by atoms with Crippen molar-refractivity contribution in [1.29, 1.82) is 0 Å². The Balaban J connectivity index is 1.03. The zero-order valence-electron chi connectivity index (χ0n) is 30.3. The third-order valence-electron chi connectivity index (χ3n) is 11.7. The minimum Gasteiger partial charge on any atom is -0.456 e. The van der Waals surface area contributed by atoms with Crippen molar-refractivity contribution < 1.29 is 8.83 Å². The van der Waals surface area contributed by atoms with E-state index in [2.05, 4.69) is 182 Å². The van der Waals surface area contributed by atoms with Gasteiger partial charge in [0.1, 0.15) is 22.3 Å². The molecule has 260 valence electrons. The summed E-state index contributed by atoms with van der Waals surface area (Å²) < 4.78 is 12.8. The van der Waals surface area contributed by atoms with Crippen molar-refractivity contribution in [2.75, 3.05) is 0 Å². The summed E-state index contributed by atoms with van der Waals surface area (Å²) in [5, 5.41) is 11.8. The van der Waals surface area contributed by atoms with E-state index < -0.39 is 0 Å². The van der Waals surface area contributed by atoms with Crippen LogP contribution in [0.5, 0.6) is 0 Å². The number of fused-ring (bicyclic) bond motifs is 10. The van der Waals surface area contributed by atoms with Gasteiger partial charge in [0, 0.05) is 26.9 Å². The first kappa shape index (κ1) is 31.0. The molecule has 0 spiro atoms. The van der Waals surface area contributed by atoms with Crippen molar-refractivity contribution in [2.24, 2.45) is 0 Å². The lowest BCUT2D eigenvalue weighted by atomic mass is 9.84. The van der Waals surface area contributed by atoms with E-state index in [1.165, 1.54) is 71.4 Å².